The molecule has 5 rings (SSSR count). The number of hydrogen-bond donors (Lipinski definition) is 2. The Hall–Kier alpha value is -2.90. The van der Waals surface area contributed by atoms with Crippen LogP contribution < -0.4 is 20.4 Å². The summed E-state index contributed by atoms with van der Waals surface area (Å²) in [5.74, 6) is 1.05. The van der Waals surface area contributed by atoms with E-state index in [0.29, 0.717) is 29.9 Å². The summed E-state index contributed by atoms with van der Waals surface area (Å²) in [5, 5.41) is 6.14. The van der Waals surface area contributed by atoms with E-state index in [0.717, 1.165) is 56.6 Å². The number of hydrogen-bond acceptors (Lipinski definition) is 6. The van der Waals surface area contributed by atoms with Crippen molar-refractivity contribution in [3.8, 4) is 0 Å². The van der Waals surface area contributed by atoms with Gasteiger partial charge in [0.1, 0.15) is 17.7 Å². The number of benzene rings is 1. The molecule has 32 heavy (non-hydrogen) atoms. The van der Waals surface area contributed by atoms with Crippen LogP contribution in [0.4, 0.5) is 27.5 Å². The van der Waals surface area contributed by atoms with Crippen molar-refractivity contribution in [3.05, 3.63) is 35.8 Å². The first kappa shape index (κ1) is 21.0. The van der Waals surface area contributed by atoms with E-state index in [9.17, 15) is 9.18 Å². The van der Waals surface area contributed by atoms with Crippen molar-refractivity contribution in [2.45, 2.75) is 64.0 Å². The number of aromatic nitrogens is 2. The van der Waals surface area contributed by atoms with Gasteiger partial charge in [-0.05, 0) is 57.2 Å². The van der Waals surface area contributed by atoms with E-state index in [1.807, 2.05) is 19.1 Å². The molecule has 1 aliphatic carbocycles. The molecule has 2 aliphatic heterocycles. The van der Waals surface area contributed by atoms with E-state index in [-0.39, 0.29) is 17.8 Å². The van der Waals surface area contributed by atoms with Crippen molar-refractivity contribution in [2.24, 2.45) is 0 Å². The lowest BCUT2D eigenvalue weighted by atomic mass is 10.1. The lowest BCUT2D eigenvalue weighted by Crippen LogP contribution is -2.47. The molecule has 2 N–H and O–H groups in total. The second kappa shape index (κ2) is 8.92. The molecule has 0 bridgehead atoms. The highest BCUT2D eigenvalue weighted by molar-refractivity contribution is 5.87. The molecule has 1 amide bonds. The van der Waals surface area contributed by atoms with E-state index in [1.165, 1.54) is 18.9 Å². The fraction of sp³-hybridized carbons (Fsp3) is 0.542. The smallest absolute Gasteiger partial charge is 0.242 e. The summed E-state index contributed by atoms with van der Waals surface area (Å²) in [7, 11) is 0. The van der Waals surface area contributed by atoms with Gasteiger partial charge in [-0.1, -0.05) is 12.8 Å². The van der Waals surface area contributed by atoms with Gasteiger partial charge in [-0.2, -0.15) is 4.98 Å². The Morgan fingerprint density at radius 2 is 1.94 bits per heavy atom. The standard InChI is InChI=1S/C24H31FN6O/c1-16-15-27-24(28-17-8-9-20(19(25)14-17)30-12-4-5-13-30)29-22(16)31(18-6-2-3-7-18)21-10-11-26-23(21)32/h8-9,14-15,18,21H,2-7,10-13H2,1H3,(H,26,32)(H,27,28,29). The lowest BCUT2D eigenvalue weighted by Gasteiger charge is -2.35. The highest BCUT2D eigenvalue weighted by atomic mass is 19.1. The maximum absolute atomic E-state index is 14.8. The largest absolute Gasteiger partial charge is 0.369 e. The molecule has 2 saturated heterocycles. The monoisotopic (exact) mass is 438 g/mol. The highest BCUT2D eigenvalue weighted by Gasteiger charge is 2.37. The quantitative estimate of drug-likeness (QED) is 0.713. The minimum absolute atomic E-state index is 0.0731. The molecule has 1 atom stereocenters. The lowest BCUT2D eigenvalue weighted by molar-refractivity contribution is -0.120. The first-order chi connectivity index (χ1) is 15.6. The number of anilines is 4. The predicted octanol–water partition coefficient (Wildman–Crippen LogP) is 3.91. The Bertz CT molecular complexity index is 986. The summed E-state index contributed by atoms with van der Waals surface area (Å²) in [5.41, 5.74) is 2.21. The van der Waals surface area contributed by atoms with Gasteiger partial charge < -0.3 is 20.4 Å². The molecule has 170 valence electrons. The van der Waals surface area contributed by atoms with Crippen LogP contribution in [0.3, 0.4) is 0 Å². The first-order valence-electron chi connectivity index (χ1n) is 11.8. The average Bonchev–Trinajstić information content (AvgIpc) is 3.55. The van der Waals surface area contributed by atoms with E-state index in [4.69, 9.17) is 4.98 Å². The zero-order valence-corrected chi connectivity index (χ0v) is 18.6. The summed E-state index contributed by atoms with van der Waals surface area (Å²) in [6.45, 7) is 4.49. The van der Waals surface area contributed by atoms with Crippen LogP contribution in [0.25, 0.3) is 0 Å². The number of amides is 1. The third-order valence-corrected chi connectivity index (χ3v) is 6.91. The maximum Gasteiger partial charge on any atom is 0.242 e. The zero-order valence-electron chi connectivity index (χ0n) is 18.6. The van der Waals surface area contributed by atoms with Crippen LogP contribution in [0.5, 0.6) is 0 Å². The molecule has 0 spiro atoms. The summed E-state index contributed by atoms with van der Waals surface area (Å²) >= 11 is 0. The van der Waals surface area contributed by atoms with Crippen LogP contribution in [0.15, 0.2) is 24.4 Å². The Morgan fingerprint density at radius 3 is 2.62 bits per heavy atom. The fourth-order valence-electron chi connectivity index (χ4n) is 5.29. The molecule has 1 aromatic carbocycles. The van der Waals surface area contributed by atoms with E-state index < -0.39 is 0 Å². The second-order valence-electron chi connectivity index (χ2n) is 9.13. The Morgan fingerprint density at radius 1 is 1.16 bits per heavy atom. The van der Waals surface area contributed by atoms with Crippen LogP contribution in [0.2, 0.25) is 0 Å². The summed E-state index contributed by atoms with van der Waals surface area (Å²) in [6, 6.07) is 5.32. The molecular weight excluding hydrogens is 407 g/mol. The normalized spacial score (nSPS) is 21.2. The van der Waals surface area contributed by atoms with Crippen LogP contribution >= 0.6 is 0 Å². The summed E-state index contributed by atoms with van der Waals surface area (Å²) < 4.78 is 14.8. The first-order valence-corrected chi connectivity index (χ1v) is 11.8. The van der Waals surface area contributed by atoms with Gasteiger partial charge >= 0.3 is 0 Å². The van der Waals surface area contributed by atoms with Crippen LogP contribution in [0, 0.1) is 12.7 Å². The molecule has 2 aromatic rings. The number of rotatable bonds is 6. The third-order valence-electron chi connectivity index (χ3n) is 6.91. The topological polar surface area (TPSA) is 73.4 Å². The molecule has 3 aliphatic rings. The maximum atomic E-state index is 14.8. The zero-order chi connectivity index (χ0) is 22.1. The fourth-order valence-corrected chi connectivity index (χ4v) is 5.29. The number of nitrogens with one attached hydrogen (secondary N) is 2. The Balaban J connectivity index is 1.41. The number of carbonyl (C=O) groups excluding carboxylic acids is 1. The van der Waals surface area contributed by atoms with Gasteiger partial charge in [0.2, 0.25) is 11.9 Å². The van der Waals surface area contributed by atoms with Crippen molar-refractivity contribution in [3.63, 3.8) is 0 Å². The van der Waals surface area contributed by atoms with Crippen molar-refractivity contribution < 1.29 is 9.18 Å². The average molecular weight is 439 g/mol. The van der Waals surface area contributed by atoms with Gasteiger partial charge in [-0.15, -0.1) is 0 Å². The van der Waals surface area contributed by atoms with Crippen molar-refractivity contribution >= 4 is 29.0 Å². The summed E-state index contributed by atoms with van der Waals surface area (Å²) in [4.78, 5) is 26.1. The van der Waals surface area contributed by atoms with Gasteiger partial charge in [0.15, 0.2) is 0 Å². The number of halogens is 1. The van der Waals surface area contributed by atoms with Gasteiger partial charge in [0.25, 0.3) is 0 Å². The number of carbonyl (C=O) groups is 1. The SMILES string of the molecule is Cc1cnc(Nc2ccc(N3CCCC3)c(F)c2)nc1N(C1CCCC1)C1CCNC1=O. The van der Waals surface area contributed by atoms with Crippen molar-refractivity contribution in [1.82, 2.24) is 15.3 Å². The van der Waals surface area contributed by atoms with E-state index in [1.54, 1.807) is 6.20 Å². The molecule has 8 heteroatoms. The van der Waals surface area contributed by atoms with Crippen LogP contribution in [0.1, 0.15) is 50.5 Å². The van der Waals surface area contributed by atoms with Crippen molar-refractivity contribution in [1.29, 1.82) is 0 Å². The minimum atomic E-state index is -0.237. The highest BCUT2D eigenvalue weighted by Crippen LogP contribution is 2.33. The van der Waals surface area contributed by atoms with Crippen LogP contribution in [-0.2, 0) is 4.79 Å². The molecule has 1 aromatic heterocycles. The van der Waals surface area contributed by atoms with Gasteiger partial charge in [-0.3, -0.25) is 4.79 Å². The van der Waals surface area contributed by atoms with E-state index in [2.05, 4.69) is 25.4 Å². The van der Waals surface area contributed by atoms with Gasteiger partial charge in [0, 0.05) is 43.1 Å². The summed E-state index contributed by atoms with van der Waals surface area (Å²) in [6.07, 6.45) is 9.27. The van der Waals surface area contributed by atoms with Gasteiger partial charge in [0.05, 0.1) is 5.69 Å². The second-order valence-corrected chi connectivity index (χ2v) is 9.13. The van der Waals surface area contributed by atoms with Crippen LogP contribution in [-0.4, -0.2) is 47.6 Å². The number of nitrogens with zero attached hydrogens (tertiary/aromatic N) is 4. The predicted molar refractivity (Wildman–Crippen MR) is 124 cm³/mol. The van der Waals surface area contributed by atoms with Crippen molar-refractivity contribution in [2.75, 3.05) is 34.8 Å². The Kier molecular flexibility index (Phi) is 5.85. The molecule has 1 saturated carbocycles. The molecule has 3 heterocycles. The van der Waals surface area contributed by atoms with E-state index >= 15 is 0 Å². The molecule has 0 radical (unpaired) electrons. The minimum Gasteiger partial charge on any atom is -0.369 e. The third kappa shape index (κ3) is 4.10. The van der Waals surface area contributed by atoms with Gasteiger partial charge in [-0.25, -0.2) is 9.37 Å². The molecule has 1 unspecified atom stereocenters. The molecule has 3 fully saturated rings. The molecular formula is C24H31FN6O. The Labute approximate surface area is 188 Å². The molecule has 7 nitrogen and oxygen atoms in total. The number of aryl methyl sites for hydroxylation is 1.